The average Bonchev–Trinajstić information content (AvgIpc) is 2.84. The van der Waals surface area contributed by atoms with Crippen LogP contribution in [0.15, 0.2) is 43.8 Å². The summed E-state index contributed by atoms with van der Waals surface area (Å²) in [6, 6.07) is 6.80. The van der Waals surface area contributed by atoms with E-state index in [9.17, 15) is 9.90 Å². The highest BCUT2D eigenvalue weighted by Gasteiger charge is 2.11. The maximum Gasteiger partial charge on any atom is 0.348 e. The third kappa shape index (κ3) is 2.96. The minimum Gasteiger partial charge on any atom is -0.506 e. The number of aromatic nitrogens is 1. The number of aryl methyl sites for hydroxylation is 1. The molecule has 1 N–H and O–H groups in total. The molecule has 2 heterocycles. The van der Waals surface area contributed by atoms with E-state index >= 15 is 0 Å². The molecule has 0 unspecified atom stereocenters. The fourth-order valence-electron chi connectivity index (χ4n) is 1.78. The summed E-state index contributed by atoms with van der Waals surface area (Å²) in [6.45, 7) is 1.86. The van der Waals surface area contributed by atoms with Crippen LogP contribution in [-0.4, -0.2) is 16.3 Å². The molecule has 0 radical (unpaired) electrons. The second-order valence-electron chi connectivity index (χ2n) is 4.18. The molecular weight excluding hydrogens is 312 g/mol. The van der Waals surface area contributed by atoms with Crippen molar-refractivity contribution in [3.63, 3.8) is 0 Å². The van der Waals surface area contributed by atoms with Crippen molar-refractivity contribution in [3.8, 4) is 5.75 Å². The molecule has 0 amide bonds. The molecule has 0 aliphatic heterocycles. The Kier molecular flexibility index (Phi) is 4.40. The molecule has 1 aromatic carbocycles. The molecule has 5 nitrogen and oxygen atoms in total. The SMILES string of the molecule is Cc1csc(N=Cc2c(O)c3ccccc3oc2=O)n1.Cl. The van der Waals surface area contributed by atoms with Crippen LogP contribution in [0.4, 0.5) is 5.13 Å². The molecule has 21 heavy (non-hydrogen) atoms. The summed E-state index contributed by atoms with van der Waals surface area (Å²) in [4.78, 5) is 20.1. The van der Waals surface area contributed by atoms with E-state index in [4.69, 9.17) is 4.42 Å². The molecule has 0 atom stereocenters. The monoisotopic (exact) mass is 322 g/mol. The van der Waals surface area contributed by atoms with Crippen LogP contribution in [0.5, 0.6) is 5.75 Å². The van der Waals surface area contributed by atoms with Crippen LogP contribution in [0, 0.1) is 6.92 Å². The highest BCUT2D eigenvalue weighted by molar-refractivity contribution is 7.13. The normalized spacial score (nSPS) is 10.9. The molecule has 0 fully saturated rings. The fraction of sp³-hybridized carbons (Fsp3) is 0.0714. The molecule has 0 saturated carbocycles. The Morgan fingerprint density at radius 1 is 1.38 bits per heavy atom. The topological polar surface area (TPSA) is 75.7 Å². The summed E-state index contributed by atoms with van der Waals surface area (Å²) in [5, 5.41) is 13.0. The van der Waals surface area contributed by atoms with Gasteiger partial charge >= 0.3 is 5.63 Å². The van der Waals surface area contributed by atoms with Crippen LogP contribution in [0.25, 0.3) is 11.0 Å². The largest absolute Gasteiger partial charge is 0.506 e. The first-order valence-corrected chi connectivity index (χ1v) is 6.74. The average molecular weight is 323 g/mol. The van der Waals surface area contributed by atoms with Crippen LogP contribution < -0.4 is 5.63 Å². The van der Waals surface area contributed by atoms with E-state index in [-0.39, 0.29) is 23.7 Å². The van der Waals surface area contributed by atoms with E-state index in [1.54, 1.807) is 24.3 Å². The number of benzene rings is 1. The number of halogens is 1. The van der Waals surface area contributed by atoms with E-state index in [1.807, 2.05) is 12.3 Å². The van der Waals surface area contributed by atoms with Gasteiger partial charge in [0.1, 0.15) is 16.9 Å². The van der Waals surface area contributed by atoms with Crippen molar-refractivity contribution >= 4 is 46.1 Å². The number of hydrogen-bond donors (Lipinski definition) is 1. The van der Waals surface area contributed by atoms with Crippen LogP contribution in [0.1, 0.15) is 11.3 Å². The van der Waals surface area contributed by atoms with Crippen molar-refractivity contribution in [1.82, 2.24) is 4.98 Å². The molecule has 2 aromatic heterocycles. The summed E-state index contributed by atoms with van der Waals surface area (Å²) in [5.41, 5.74) is 0.601. The zero-order valence-electron chi connectivity index (χ0n) is 10.9. The van der Waals surface area contributed by atoms with Gasteiger partial charge in [-0.2, -0.15) is 0 Å². The maximum absolute atomic E-state index is 11.8. The first-order chi connectivity index (χ1) is 9.65. The minimum atomic E-state index is -0.627. The lowest BCUT2D eigenvalue weighted by atomic mass is 10.1. The molecule has 0 aliphatic carbocycles. The Labute approximate surface area is 130 Å². The molecule has 0 spiro atoms. The van der Waals surface area contributed by atoms with E-state index in [0.717, 1.165) is 5.69 Å². The number of nitrogens with zero attached hydrogens (tertiary/aromatic N) is 2. The van der Waals surface area contributed by atoms with Gasteiger partial charge in [-0.25, -0.2) is 14.8 Å². The number of fused-ring (bicyclic) bond motifs is 1. The lowest BCUT2D eigenvalue weighted by Crippen LogP contribution is -2.06. The van der Waals surface area contributed by atoms with E-state index in [1.165, 1.54) is 17.6 Å². The second kappa shape index (κ2) is 6.07. The van der Waals surface area contributed by atoms with Crippen LogP contribution in [0.2, 0.25) is 0 Å². The molecule has 0 bridgehead atoms. The van der Waals surface area contributed by atoms with Crippen LogP contribution >= 0.6 is 23.7 Å². The highest BCUT2D eigenvalue weighted by Crippen LogP contribution is 2.25. The van der Waals surface area contributed by atoms with Gasteiger partial charge in [0, 0.05) is 11.6 Å². The smallest absolute Gasteiger partial charge is 0.348 e. The zero-order valence-corrected chi connectivity index (χ0v) is 12.6. The first-order valence-electron chi connectivity index (χ1n) is 5.86. The lowest BCUT2D eigenvalue weighted by molar-refractivity contribution is 0.466. The molecule has 3 rings (SSSR count). The number of thiazole rings is 1. The first kappa shape index (κ1) is 15.2. The van der Waals surface area contributed by atoms with Gasteiger partial charge in [0.25, 0.3) is 0 Å². The third-order valence-corrected chi connectivity index (χ3v) is 3.60. The van der Waals surface area contributed by atoms with Gasteiger partial charge in [0.05, 0.1) is 11.1 Å². The number of aromatic hydroxyl groups is 1. The van der Waals surface area contributed by atoms with Crippen LogP contribution in [-0.2, 0) is 0 Å². The van der Waals surface area contributed by atoms with Crippen LogP contribution in [0.3, 0.4) is 0 Å². The highest BCUT2D eigenvalue weighted by atomic mass is 35.5. The Bertz CT molecular complexity index is 870. The van der Waals surface area contributed by atoms with Gasteiger partial charge in [0.2, 0.25) is 5.13 Å². The maximum atomic E-state index is 11.8. The van der Waals surface area contributed by atoms with Gasteiger partial charge in [-0.1, -0.05) is 12.1 Å². The van der Waals surface area contributed by atoms with Crippen molar-refractivity contribution < 1.29 is 9.52 Å². The molecule has 3 aromatic rings. The molecule has 0 aliphatic rings. The summed E-state index contributed by atoms with van der Waals surface area (Å²) in [6.07, 6.45) is 1.28. The van der Waals surface area contributed by atoms with Crippen molar-refractivity contribution in [2.24, 2.45) is 4.99 Å². The molecule has 0 saturated heterocycles. The Morgan fingerprint density at radius 3 is 2.86 bits per heavy atom. The van der Waals surface area contributed by atoms with Gasteiger partial charge in [-0.15, -0.1) is 23.7 Å². The third-order valence-electron chi connectivity index (χ3n) is 2.73. The van der Waals surface area contributed by atoms with Gasteiger partial charge in [-0.05, 0) is 19.1 Å². The Morgan fingerprint density at radius 2 is 2.14 bits per heavy atom. The van der Waals surface area contributed by atoms with Crippen molar-refractivity contribution in [2.75, 3.05) is 0 Å². The molecule has 108 valence electrons. The Hall–Kier alpha value is -2.18. The van der Waals surface area contributed by atoms with E-state index in [2.05, 4.69) is 9.98 Å². The number of hydrogen-bond acceptors (Lipinski definition) is 6. The summed E-state index contributed by atoms with van der Waals surface area (Å²) >= 11 is 1.36. The van der Waals surface area contributed by atoms with Gasteiger partial charge in [0.15, 0.2) is 0 Å². The second-order valence-corrected chi connectivity index (χ2v) is 5.01. The van der Waals surface area contributed by atoms with Gasteiger partial charge < -0.3 is 9.52 Å². The molecular formula is C14H11ClN2O3S. The van der Waals surface area contributed by atoms with Crippen molar-refractivity contribution in [2.45, 2.75) is 6.92 Å². The number of rotatable bonds is 2. The van der Waals surface area contributed by atoms with Crippen molar-refractivity contribution in [1.29, 1.82) is 0 Å². The minimum absolute atomic E-state index is 0. The predicted octanol–water partition coefficient (Wildman–Crippen LogP) is 3.44. The Balaban J connectivity index is 0.00000161. The van der Waals surface area contributed by atoms with E-state index in [0.29, 0.717) is 16.1 Å². The summed E-state index contributed by atoms with van der Waals surface area (Å²) in [5.74, 6) is -0.131. The fourth-order valence-corrected chi connectivity index (χ4v) is 2.42. The molecule has 7 heteroatoms. The number of para-hydroxylation sites is 1. The lowest BCUT2D eigenvalue weighted by Gasteiger charge is -2.01. The standard InChI is InChI=1S/C14H10N2O3S.ClH/c1-8-7-20-14(16-8)15-6-10-12(17)9-4-2-3-5-11(9)19-13(10)18;/h2-7,17H,1H3;1H. The number of aliphatic imine (C=N–C) groups is 1. The van der Waals surface area contributed by atoms with E-state index < -0.39 is 5.63 Å². The van der Waals surface area contributed by atoms with Gasteiger partial charge in [-0.3, -0.25) is 0 Å². The predicted molar refractivity (Wildman–Crippen MR) is 85.5 cm³/mol. The van der Waals surface area contributed by atoms with Crippen molar-refractivity contribution in [3.05, 3.63) is 51.3 Å². The summed E-state index contributed by atoms with van der Waals surface area (Å²) < 4.78 is 5.14. The summed E-state index contributed by atoms with van der Waals surface area (Å²) in [7, 11) is 0. The quantitative estimate of drug-likeness (QED) is 0.579. The zero-order chi connectivity index (χ0) is 14.1.